The minimum atomic E-state index is 0.525. The highest BCUT2D eigenvalue weighted by molar-refractivity contribution is 8.12. The normalized spacial score (nSPS) is 21.0. The molecule has 0 amide bonds. The van der Waals surface area contributed by atoms with Gasteiger partial charge in [0.1, 0.15) is 0 Å². The molecule has 1 aliphatic carbocycles. The molecule has 2 aliphatic rings. The third-order valence-corrected chi connectivity index (χ3v) is 4.74. The minimum absolute atomic E-state index is 0.525. The number of benzene rings is 2. The second kappa shape index (κ2) is 3.89. The lowest BCUT2D eigenvalue weighted by atomic mass is 10.0. The van der Waals surface area contributed by atoms with E-state index in [1.165, 1.54) is 26.1 Å². The fourth-order valence-electron chi connectivity index (χ4n) is 2.54. The Kier molecular flexibility index (Phi) is 2.21. The van der Waals surface area contributed by atoms with Gasteiger partial charge in [-0.05, 0) is 22.4 Å². The number of hydrogen-bond donors (Lipinski definition) is 0. The average Bonchev–Trinajstić information content (AvgIpc) is 2.99. The van der Waals surface area contributed by atoms with E-state index in [1.807, 2.05) is 11.8 Å². The summed E-state index contributed by atoms with van der Waals surface area (Å²) in [5, 5.41) is 2.63. The topological polar surface area (TPSA) is 0 Å². The molecule has 0 saturated heterocycles. The van der Waals surface area contributed by atoms with Gasteiger partial charge in [0.2, 0.25) is 0 Å². The monoisotopic (exact) mass is 248 g/mol. The van der Waals surface area contributed by atoms with Crippen molar-refractivity contribution in [2.75, 3.05) is 0 Å². The first-order chi connectivity index (χ1) is 8.90. The molecule has 86 valence electrons. The number of rotatable bonds is 1. The predicted molar refractivity (Wildman–Crippen MR) is 80.2 cm³/mol. The van der Waals surface area contributed by atoms with Crippen LogP contribution < -0.4 is 0 Å². The predicted octanol–water partition coefficient (Wildman–Crippen LogP) is 5.00. The van der Waals surface area contributed by atoms with Crippen LogP contribution in [0.1, 0.15) is 5.56 Å². The van der Waals surface area contributed by atoms with E-state index in [-0.39, 0.29) is 0 Å². The van der Waals surface area contributed by atoms with Gasteiger partial charge in [0, 0.05) is 15.7 Å². The molecular weight excluding hydrogens is 236 g/mol. The fourth-order valence-corrected chi connectivity index (χ4v) is 3.68. The van der Waals surface area contributed by atoms with E-state index >= 15 is 0 Å². The van der Waals surface area contributed by atoms with E-state index < -0.39 is 0 Å². The standard InChI is InChI=1S/C17H12S/c1-2-5-13-10-15(9-8-12(13)4-1)17-11-14-6-3-7-16(14)18-17/h1-11,14H. The summed E-state index contributed by atoms with van der Waals surface area (Å²) in [5.41, 5.74) is 1.34. The summed E-state index contributed by atoms with van der Waals surface area (Å²) in [5.74, 6) is 0.525. The highest BCUT2D eigenvalue weighted by Gasteiger charge is 2.23. The van der Waals surface area contributed by atoms with Crippen LogP contribution in [0.15, 0.2) is 71.7 Å². The molecular formula is C17H12S. The second-order valence-electron chi connectivity index (χ2n) is 4.67. The van der Waals surface area contributed by atoms with Crippen molar-refractivity contribution in [3.8, 4) is 0 Å². The Bertz CT molecular complexity index is 719. The molecule has 0 spiro atoms. The number of allylic oxidation sites excluding steroid dienone is 5. The van der Waals surface area contributed by atoms with Crippen molar-refractivity contribution >= 4 is 27.4 Å². The van der Waals surface area contributed by atoms with Gasteiger partial charge in [0.05, 0.1) is 0 Å². The summed E-state index contributed by atoms with van der Waals surface area (Å²) >= 11 is 1.90. The summed E-state index contributed by atoms with van der Waals surface area (Å²) in [6.07, 6.45) is 9.00. The molecule has 4 rings (SSSR count). The van der Waals surface area contributed by atoms with Crippen molar-refractivity contribution < 1.29 is 0 Å². The van der Waals surface area contributed by atoms with Crippen LogP contribution in [0.3, 0.4) is 0 Å². The Hall–Kier alpha value is -1.73. The van der Waals surface area contributed by atoms with Crippen LogP contribution in [0.5, 0.6) is 0 Å². The van der Waals surface area contributed by atoms with Crippen molar-refractivity contribution in [1.82, 2.24) is 0 Å². The van der Waals surface area contributed by atoms with Gasteiger partial charge in [0.15, 0.2) is 0 Å². The van der Waals surface area contributed by atoms with Crippen molar-refractivity contribution in [1.29, 1.82) is 0 Å². The van der Waals surface area contributed by atoms with Crippen LogP contribution in [0.2, 0.25) is 0 Å². The molecule has 1 atom stereocenters. The molecule has 0 radical (unpaired) electrons. The molecule has 0 bridgehead atoms. The van der Waals surface area contributed by atoms with Crippen LogP contribution >= 0.6 is 11.8 Å². The van der Waals surface area contributed by atoms with Gasteiger partial charge in [-0.25, -0.2) is 0 Å². The number of fused-ring (bicyclic) bond motifs is 2. The molecule has 1 heterocycles. The van der Waals surface area contributed by atoms with Crippen molar-refractivity contribution in [3.05, 3.63) is 77.2 Å². The lowest BCUT2D eigenvalue weighted by Crippen LogP contribution is -1.81. The highest BCUT2D eigenvalue weighted by atomic mass is 32.2. The summed E-state index contributed by atoms with van der Waals surface area (Å²) in [6.45, 7) is 0. The summed E-state index contributed by atoms with van der Waals surface area (Å²) < 4.78 is 0. The molecule has 1 heteroatoms. The first-order valence-corrected chi connectivity index (χ1v) is 6.99. The second-order valence-corrected chi connectivity index (χ2v) is 5.79. The Labute approximate surface area is 111 Å². The van der Waals surface area contributed by atoms with Gasteiger partial charge in [-0.1, -0.05) is 72.5 Å². The van der Waals surface area contributed by atoms with E-state index in [9.17, 15) is 0 Å². The van der Waals surface area contributed by atoms with E-state index in [4.69, 9.17) is 0 Å². The Morgan fingerprint density at radius 2 is 1.83 bits per heavy atom. The first kappa shape index (κ1) is 10.2. The number of hydrogen-bond acceptors (Lipinski definition) is 1. The van der Waals surface area contributed by atoms with Crippen LogP contribution in [-0.4, -0.2) is 0 Å². The third kappa shape index (κ3) is 1.55. The van der Waals surface area contributed by atoms with Gasteiger partial charge in [-0.2, -0.15) is 0 Å². The maximum Gasteiger partial charge on any atom is 0.0279 e. The molecule has 2 aromatic carbocycles. The first-order valence-electron chi connectivity index (χ1n) is 6.17. The minimum Gasteiger partial charge on any atom is -0.0933 e. The molecule has 0 nitrogen and oxygen atoms in total. The zero-order valence-electron chi connectivity index (χ0n) is 9.84. The largest absolute Gasteiger partial charge is 0.0933 e. The highest BCUT2D eigenvalue weighted by Crippen LogP contribution is 2.48. The molecule has 1 aliphatic heterocycles. The van der Waals surface area contributed by atoms with Crippen LogP contribution in [-0.2, 0) is 0 Å². The molecule has 2 aromatic rings. The van der Waals surface area contributed by atoms with E-state index in [0.717, 1.165) is 0 Å². The van der Waals surface area contributed by atoms with Crippen LogP contribution in [0.25, 0.3) is 15.7 Å². The van der Waals surface area contributed by atoms with Crippen molar-refractivity contribution in [2.24, 2.45) is 5.92 Å². The summed E-state index contributed by atoms with van der Waals surface area (Å²) in [7, 11) is 0. The maximum absolute atomic E-state index is 2.37. The van der Waals surface area contributed by atoms with Crippen molar-refractivity contribution in [3.63, 3.8) is 0 Å². The molecule has 1 unspecified atom stereocenters. The Morgan fingerprint density at radius 3 is 2.72 bits per heavy atom. The zero-order chi connectivity index (χ0) is 11.9. The van der Waals surface area contributed by atoms with Gasteiger partial charge >= 0.3 is 0 Å². The van der Waals surface area contributed by atoms with Crippen LogP contribution in [0.4, 0.5) is 0 Å². The van der Waals surface area contributed by atoms with Crippen LogP contribution in [0, 0.1) is 5.92 Å². The number of thioether (sulfide) groups is 1. The Morgan fingerprint density at radius 1 is 0.944 bits per heavy atom. The summed E-state index contributed by atoms with van der Waals surface area (Å²) in [6, 6.07) is 15.3. The Balaban J connectivity index is 1.80. The molecule has 0 N–H and O–H groups in total. The van der Waals surface area contributed by atoms with E-state index in [0.29, 0.717) is 5.92 Å². The van der Waals surface area contributed by atoms with Gasteiger partial charge < -0.3 is 0 Å². The molecule has 18 heavy (non-hydrogen) atoms. The van der Waals surface area contributed by atoms with E-state index in [1.54, 1.807) is 0 Å². The maximum atomic E-state index is 2.37. The van der Waals surface area contributed by atoms with Gasteiger partial charge in [-0.15, -0.1) is 0 Å². The SMILES string of the molecule is C1=CC2C=C(c3ccc4ccccc4c3)SC2=C1. The molecule has 0 saturated carbocycles. The lowest BCUT2D eigenvalue weighted by Gasteiger charge is -2.04. The van der Waals surface area contributed by atoms with Gasteiger partial charge in [0.25, 0.3) is 0 Å². The quantitative estimate of drug-likeness (QED) is 0.684. The summed E-state index contributed by atoms with van der Waals surface area (Å²) in [4.78, 5) is 2.85. The van der Waals surface area contributed by atoms with E-state index in [2.05, 4.69) is 66.8 Å². The lowest BCUT2D eigenvalue weighted by molar-refractivity contribution is 1.09. The molecule has 0 aromatic heterocycles. The average molecular weight is 248 g/mol. The third-order valence-electron chi connectivity index (χ3n) is 3.50. The van der Waals surface area contributed by atoms with Crippen molar-refractivity contribution in [2.45, 2.75) is 0 Å². The smallest absolute Gasteiger partial charge is 0.0279 e. The fraction of sp³-hybridized carbons (Fsp3) is 0.0588. The molecule has 0 fully saturated rings. The zero-order valence-corrected chi connectivity index (χ0v) is 10.7. The van der Waals surface area contributed by atoms with Gasteiger partial charge in [-0.3, -0.25) is 0 Å².